The van der Waals surface area contributed by atoms with E-state index in [9.17, 15) is 4.79 Å². The molecule has 0 saturated heterocycles. The van der Waals surface area contributed by atoms with Crippen LogP contribution in [0, 0.1) is 0 Å². The third kappa shape index (κ3) is 1.30. The number of phenols is 1. The lowest BCUT2D eigenvalue weighted by atomic mass is 10.2. The summed E-state index contributed by atoms with van der Waals surface area (Å²) in [6.07, 6.45) is -0.616. The average Bonchev–Trinajstić information content (AvgIpc) is 2.08. The summed E-state index contributed by atoms with van der Waals surface area (Å²) in [6, 6.07) is 4.35. The van der Waals surface area contributed by atoms with Crippen molar-refractivity contribution in [1.82, 2.24) is 0 Å². The predicted molar refractivity (Wildman–Crippen MR) is 43.8 cm³/mol. The van der Waals surface area contributed by atoms with Crippen LogP contribution in [0.5, 0.6) is 17.2 Å². The lowest BCUT2D eigenvalue weighted by Crippen LogP contribution is -2.32. The van der Waals surface area contributed by atoms with Crippen LogP contribution in [0.15, 0.2) is 18.2 Å². The van der Waals surface area contributed by atoms with Gasteiger partial charge in [-0.2, -0.15) is 0 Å². The molecule has 2 rings (SSSR count). The van der Waals surface area contributed by atoms with Gasteiger partial charge in [-0.25, -0.2) is 4.79 Å². The van der Waals surface area contributed by atoms with E-state index in [1.54, 1.807) is 6.92 Å². The molecule has 1 N–H and O–H groups in total. The minimum Gasteiger partial charge on any atom is -0.508 e. The van der Waals surface area contributed by atoms with Crippen LogP contribution in [0.2, 0.25) is 0 Å². The van der Waals surface area contributed by atoms with Gasteiger partial charge in [-0.05, 0) is 19.1 Å². The first-order chi connectivity index (χ1) is 6.16. The van der Waals surface area contributed by atoms with E-state index in [0.29, 0.717) is 11.5 Å². The minimum absolute atomic E-state index is 0.0869. The molecule has 13 heavy (non-hydrogen) atoms. The van der Waals surface area contributed by atoms with E-state index in [1.165, 1.54) is 18.2 Å². The van der Waals surface area contributed by atoms with E-state index in [1.807, 2.05) is 0 Å². The van der Waals surface area contributed by atoms with Crippen LogP contribution in [0.25, 0.3) is 0 Å². The van der Waals surface area contributed by atoms with Crippen molar-refractivity contribution in [3.63, 3.8) is 0 Å². The average molecular weight is 180 g/mol. The van der Waals surface area contributed by atoms with E-state index in [-0.39, 0.29) is 5.75 Å². The van der Waals surface area contributed by atoms with Gasteiger partial charge in [0.2, 0.25) is 0 Å². The first-order valence-corrected chi connectivity index (χ1v) is 3.88. The van der Waals surface area contributed by atoms with Crippen molar-refractivity contribution in [2.24, 2.45) is 0 Å². The highest BCUT2D eigenvalue weighted by Gasteiger charge is 2.25. The summed E-state index contributed by atoms with van der Waals surface area (Å²) in [5.41, 5.74) is 0. The molecule has 1 heterocycles. The Morgan fingerprint density at radius 2 is 2.15 bits per heavy atom. The number of carbonyl (C=O) groups excluding carboxylic acids is 1. The predicted octanol–water partition coefficient (Wildman–Crippen LogP) is 1.08. The molecule has 0 fully saturated rings. The number of ether oxygens (including phenoxy) is 2. The molecular formula is C9H8O4. The van der Waals surface area contributed by atoms with Crippen molar-refractivity contribution in [3.8, 4) is 17.2 Å². The second-order valence-corrected chi connectivity index (χ2v) is 2.81. The summed E-state index contributed by atoms with van der Waals surface area (Å²) in [6.45, 7) is 1.59. The van der Waals surface area contributed by atoms with Gasteiger partial charge in [-0.15, -0.1) is 0 Å². The molecule has 1 aromatic rings. The Labute approximate surface area is 74.7 Å². The van der Waals surface area contributed by atoms with Crippen molar-refractivity contribution in [2.75, 3.05) is 0 Å². The molecular weight excluding hydrogens is 172 g/mol. The van der Waals surface area contributed by atoms with Crippen molar-refractivity contribution < 1.29 is 19.4 Å². The highest BCUT2D eigenvalue weighted by Crippen LogP contribution is 2.34. The molecule has 0 aromatic heterocycles. The molecule has 0 unspecified atom stereocenters. The van der Waals surface area contributed by atoms with Crippen LogP contribution < -0.4 is 9.47 Å². The molecule has 1 aliphatic rings. The van der Waals surface area contributed by atoms with Gasteiger partial charge in [0.15, 0.2) is 17.6 Å². The Morgan fingerprint density at radius 3 is 2.92 bits per heavy atom. The lowest BCUT2D eigenvalue weighted by Gasteiger charge is -2.21. The number of carbonyl (C=O) groups is 1. The van der Waals surface area contributed by atoms with Gasteiger partial charge in [0.1, 0.15) is 5.75 Å². The van der Waals surface area contributed by atoms with Gasteiger partial charge in [-0.3, -0.25) is 0 Å². The highest BCUT2D eigenvalue weighted by atomic mass is 16.6. The third-order valence-electron chi connectivity index (χ3n) is 1.77. The molecule has 0 radical (unpaired) electrons. The fourth-order valence-electron chi connectivity index (χ4n) is 1.10. The van der Waals surface area contributed by atoms with E-state index < -0.39 is 12.1 Å². The Kier molecular flexibility index (Phi) is 1.62. The summed E-state index contributed by atoms with van der Waals surface area (Å²) >= 11 is 0. The lowest BCUT2D eigenvalue weighted by molar-refractivity contribution is -0.144. The van der Waals surface area contributed by atoms with Gasteiger partial charge in [0.05, 0.1) is 0 Å². The zero-order chi connectivity index (χ0) is 9.42. The standard InChI is InChI=1S/C9H8O4/c1-5-9(11)13-7-3-2-6(10)4-8(7)12-5/h2-5,10H,1H3/t5-/m1/s1. The number of esters is 1. The van der Waals surface area contributed by atoms with Crippen molar-refractivity contribution in [3.05, 3.63) is 18.2 Å². The minimum atomic E-state index is -0.616. The van der Waals surface area contributed by atoms with Gasteiger partial charge < -0.3 is 14.6 Å². The molecule has 0 bridgehead atoms. The highest BCUT2D eigenvalue weighted by molar-refractivity contribution is 5.80. The van der Waals surface area contributed by atoms with E-state index in [4.69, 9.17) is 14.6 Å². The van der Waals surface area contributed by atoms with Gasteiger partial charge in [-0.1, -0.05) is 0 Å². The number of hydrogen-bond donors (Lipinski definition) is 1. The zero-order valence-electron chi connectivity index (χ0n) is 6.98. The molecule has 4 nitrogen and oxygen atoms in total. The van der Waals surface area contributed by atoms with Crippen molar-refractivity contribution in [1.29, 1.82) is 0 Å². The molecule has 1 aromatic carbocycles. The fraction of sp³-hybridized carbons (Fsp3) is 0.222. The van der Waals surface area contributed by atoms with Crippen LogP contribution in [0.3, 0.4) is 0 Å². The normalized spacial score (nSPS) is 20.1. The Bertz CT molecular complexity index is 359. The summed E-state index contributed by atoms with van der Waals surface area (Å²) in [4.78, 5) is 11.0. The number of benzene rings is 1. The molecule has 0 amide bonds. The monoisotopic (exact) mass is 180 g/mol. The quantitative estimate of drug-likeness (QED) is 0.479. The Morgan fingerprint density at radius 1 is 1.38 bits per heavy atom. The third-order valence-corrected chi connectivity index (χ3v) is 1.77. The van der Waals surface area contributed by atoms with Gasteiger partial charge in [0, 0.05) is 6.07 Å². The Balaban J connectivity index is 2.42. The summed E-state index contributed by atoms with van der Waals surface area (Å²) in [7, 11) is 0. The number of rotatable bonds is 0. The molecule has 0 saturated carbocycles. The van der Waals surface area contributed by atoms with Crippen molar-refractivity contribution in [2.45, 2.75) is 13.0 Å². The topological polar surface area (TPSA) is 55.8 Å². The van der Waals surface area contributed by atoms with Crippen LogP contribution in [0.1, 0.15) is 6.92 Å². The molecule has 4 heteroatoms. The molecule has 0 spiro atoms. The molecule has 1 aliphatic heterocycles. The first kappa shape index (κ1) is 7.91. The maximum absolute atomic E-state index is 11.0. The van der Waals surface area contributed by atoms with Crippen LogP contribution >= 0.6 is 0 Å². The van der Waals surface area contributed by atoms with E-state index in [2.05, 4.69) is 0 Å². The molecule has 68 valence electrons. The Hall–Kier alpha value is -1.71. The van der Waals surface area contributed by atoms with Crippen LogP contribution in [-0.2, 0) is 4.79 Å². The number of fused-ring (bicyclic) bond motifs is 1. The maximum Gasteiger partial charge on any atom is 0.352 e. The SMILES string of the molecule is C[C@H]1Oc2cc(O)ccc2OC1=O. The second-order valence-electron chi connectivity index (χ2n) is 2.81. The largest absolute Gasteiger partial charge is 0.508 e. The van der Waals surface area contributed by atoms with E-state index >= 15 is 0 Å². The second kappa shape index (κ2) is 2.65. The van der Waals surface area contributed by atoms with Gasteiger partial charge in [0.25, 0.3) is 0 Å². The molecule has 1 atom stereocenters. The van der Waals surface area contributed by atoms with E-state index in [0.717, 1.165) is 0 Å². The van der Waals surface area contributed by atoms with Crippen molar-refractivity contribution >= 4 is 5.97 Å². The smallest absolute Gasteiger partial charge is 0.352 e. The van der Waals surface area contributed by atoms with Gasteiger partial charge >= 0.3 is 5.97 Å². The number of hydrogen-bond acceptors (Lipinski definition) is 4. The number of aromatic hydroxyl groups is 1. The fourth-order valence-corrected chi connectivity index (χ4v) is 1.10. The summed E-state index contributed by atoms with van der Waals surface area (Å²) in [5.74, 6) is 0.412. The summed E-state index contributed by atoms with van der Waals surface area (Å²) < 4.78 is 10.1. The first-order valence-electron chi connectivity index (χ1n) is 3.88. The van der Waals surface area contributed by atoms with Crippen LogP contribution in [-0.4, -0.2) is 17.2 Å². The summed E-state index contributed by atoms with van der Waals surface area (Å²) in [5, 5.41) is 9.12. The maximum atomic E-state index is 11.0. The van der Waals surface area contributed by atoms with Crippen LogP contribution in [0.4, 0.5) is 0 Å². The molecule has 0 aliphatic carbocycles. The number of phenolic OH excluding ortho intramolecular Hbond substituents is 1. The zero-order valence-corrected chi connectivity index (χ0v) is 6.98.